The van der Waals surface area contributed by atoms with Crippen LogP contribution in [0.3, 0.4) is 0 Å². The van der Waals surface area contributed by atoms with Crippen molar-refractivity contribution in [2.24, 2.45) is 0 Å². The van der Waals surface area contributed by atoms with Gasteiger partial charge in [0.25, 0.3) is 0 Å². The van der Waals surface area contributed by atoms with E-state index in [2.05, 4.69) is 15.1 Å². The van der Waals surface area contributed by atoms with Crippen molar-refractivity contribution in [3.63, 3.8) is 0 Å². The Balaban J connectivity index is 1.60. The van der Waals surface area contributed by atoms with Gasteiger partial charge in [-0.15, -0.1) is 0 Å². The van der Waals surface area contributed by atoms with Crippen molar-refractivity contribution in [1.29, 1.82) is 0 Å². The van der Waals surface area contributed by atoms with E-state index < -0.39 is 0 Å². The topological polar surface area (TPSA) is 66.0 Å². The number of hydrogen-bond acceptors (Lipinski definition) is 5. The first-order valence-electron chi connectivity index (χ1n) is 6.90. The molecule has 0 N–H and O–H groups in total. The third-order valence-electron chi connectivity index (χ3n) is 3.33. The second-order valence-electron chi connectivity index (χ2n) is 4.91. The van der Waals surface area contributed by atoms with Crippen LogP contribution < -0.4 is 4.74 Å². The summed E-state index contributed by atoms with van der Waals surface area (Å²) in [5.41, 5.74) is 0.854. The van der Waals surface area contributed by atoms with E-state index in [0.29, 0.717) is 23.9 Å². The molecule has 0 spiro atoms. The number of nitrogens with zero attached hydrogens (tertiary/aromatic N) is 4. The molecule has 0 saturated carbocycles. The van der Waals surface area contributed by atoms with E-state index in [1.165, 1.54) is 18.5 Å². The lowest BCUT2D eigenvalue weighted by atomic mass is 10.3. The molecule has 0 saturated heterocycles. The molecular weight excluding hydrogens is 299 g/mol. The summed E-state index contributed by atoms with van der Waals surface area (Å²) in [6, 6.07) is 7.55. The molecule has 0 unspecified atom stereocenters. The van der Waals surface area contributed by atoms with E-state index in [1.54, 1.807) is 41.5 Å². The molecule has 0 aliphatic rings. The number of oxazole rings is 1. The van der Waals surface area contributed by atoms with Crippen LogP contribution in [-0.2, 0) is 6.54 Å². The first kappa shape index (κ1) is 13.4. The Kier molecular flexibility index (Phi) is 3.23. The van der Waals surface area contributed by atoms with Crippen molar-refractivity contribution in [1.82, 2.24) is 19.7 Å². The highest BCUT2D eigenvalue weighted by atomic mass is 19.1. The maximum Gasteiger partial charge on any atom is 0.219 e. The summed E-state index contributed by atoms with van der Waals surface area (Å²) in [6.45, 7) is 0.476. The quantitative estimate of drug-likeness (QED) is 0.578. The lowest BCUT2D eigenvalue weighted by molar-refractivity contribution is 0.462. The summed E-state index contributed by atoms with van der Waals surface area (Å²) >= 11 is 0. The molecule has 4 aromatic rings. The van der Waals surface area contributed by atoms with Gasteiger partial charge in [-0.25, -0.2) is 14.4 Å². The molecule has 114 valence electrons. The molecule has 3 heterocycles. The van der Waals surface area contributed by atoms with Crippen molar-refractivity contribution in [2.75, 3.05) is 0 Å². The van der Waals surface area contributed by atoms with Crippen molar-refractivity contribution in [3.05, 3.63) is 66.9 Å². The molecule has 0 radical (unpaired) electrons. The smallest absolute Gasteiger partial charge is 0.219 e. The van der Waals surface area contributed by atoms with Gasteiger partial charge in [-0.3, -0.25) is 4.68 Å². The Morgan fingerprint density at radius 2 is 2.00 bits per heavy atom. The minimum Gasteiger partial charge on any atom is -0.447 e. The molecule has 0 amide bonds. The minimum atomic E-state index is -0.311. The van der Waals surface area contributed by atoms with E-state index in [0.717, 1.165) is 10.9 Å². The summed E-state index contributed by atoms with van der Waals surface area (Å²) in [4.78, 5) is 8.14. The van der Waals surface area contributed by atoms with Gasteiger partial charge >= 0.3 is 0 Å². The third kappa shape index (κ3) is 2.76. The first-order valence-corrected chi connectivity index (χ1v) is 6.90. The van der Waals surface area contributed by atoms with Crippen LogP contribution in [0.25, 0.3) is 10.9 Å². The van der Waals surface area contributed by atoms with Gasteiger partial charge in [-0.05, 0) is 24.3 Å². The lowest BCUT2D eigenvalue weighted by Crippen LogP contribution is -2.00. The highest BCUT2D eigenvalue weighted by Gasteiger charge is 2.08. The number of rotatable bonds is 4. The monoisotopic (exact) mass is 310 g/mol. The fraction of sp³-hybridized carbons (Fsp3) is 0.0625. The first-order chi connectivity index (χ1) is 11.3. The van der Waals surface area contributed by atoms with Crippen LogP contribution in [-0.4, -0.2) is 19.7 Å². The molecule has 0 aliphatic heterocycles. The Morgan fingerprint density at radius 3 is 2.78 bits per heavy atom. The van der Waals surface area contributed by atoms with Crippen LogP contribution in [0.15, 0.2) is 59.7 Å². The molecule has 4 rings (SSSR count). The zero-order valence-corrected chi connectivity index (χ0v) is 11.9. The molecule has 0 bridgehead atoms. The van der Waals surface area contributed by atoms with Crippen molar-refractivity contribution in [3.8, 4) is 11.6 Å². The van der Waals surface area contributed by atoms with E-state index >= 15 is 0 Å². The number of pyridine rings is 1. The molecule has 23 heavy (non-hydrogen) atoms. The van der Waals surface area contributed by atoms with Gasteiger partial charge in [0.05, 0.1) is 24.1 Å². The van der Waals surface area contributed by atoms with Crippen LogP contribution in [0, 0.1) is 5.82 Å². The minimum absolute atomic E-state index is 0.311. The molecule has 0 aliphatic carbocycles. The van der Waals surface area contributed by atoms with E-state index in [1.807, 2.05) is 0 Å². The van der Waals surface area contributed by atoms with Crippen LogP contribution >= 0.6 is 0 Å². The molecular formula is C16H11FN4O2. The average molecular weight is 310 g/mol. The van der Waals surface area contributed by atoms with E-state index in [9.17, 15) is 4.39 Å². The summed E-state index contributed by atoms with van der Waals surface area (Å²) in [7, 11) is 0. The van der Waals surface area contributed by atoms with Crippen LogP contribution in [0.4, 0.5) is 4.39 Å². The Hall–Kier alpha value is -3.22. The van der Waals surface area contributed by atoms with Gasteiger partial charge in [0.2, 0.25) is 5.88 Å². The van der Waals surface area contributed by atoms with Crippen LogP contribution in [0.1, 0.15) is 5.76 Å². The SMILES string of the molecule is Fc1ccc(Oc2cc3cnn(Cc4cnco4)c3cn2)cc1. The summed E-state index contributed by atoms with van der Waals surface area (Å²) in [5, 5.41) is 5.20. The lowest BCUT2D eigenvalue weighted by Gasteiger charge is -2.05. The van der Waals surface area contributed by atoms with Crippen LogP contribution in [0.5, 0.6) is 11.6 Å². The predicted octanol–water partition coefficient (Wildman–Crippen LogP) is 3.40. The fourth-order valence-corrected chi connectivity index (χ4v) is 2.23. The average Bonchev–Trinajstić information content (AvgIpc) is 3.20. The van der Waals surface area contributed by atoms with Gasteiger partial charge < -0.3 is 9.15 Å². The fourth-order valence-electron chi connectivity index (χ4n) is 2.23. The molecule has 6 nitrogen and oxygen atoms in total. The van der Waals surface area contributed by atoms with Gasteiger partial charge in [-0.2, -0.15) is 5.10 Å². The van der Waals surface area contributed by atoms with Gasteiger partial charge in [-0.1, -0.05) is 0 Å². The maximum absolute atomic E-state index is 12.9. The zero-order valence-electron chi connectivity index (χ0n) is 11.9. The number of ether oxygens (including phenoxy) is 1. The maximum atomic E-state index is 12.9. The number of aromatic nitrogens is 4. The molecule has 0 atom stereocenters. The van der Waals surface area contributed by atoms with E-state index in [-0.39, 0.29) is 5.82 Å². The van der Waals surface area contributed by atoms with Gasteiger partial charge in [0.15, 0.2) is 6.39 Å². The number of halogens is 1. The number of hydrogen-bond donors (Lipinski definition) is 0. The van der Waals surface area contributed by atoms with Gasteiger partial charge in [0, 0.05) is 11.5 Å². The summed E-state index contributed by atoms with van der Waals surface area (Å²) in [5.74, 6) is 1.34. The zero-order chi connectivity index (χ0) is 15.6. The number of fused-ring (bicyclic) bond motifs is 1. The summed E-state index contributed by atoms with van der Waals surface area (Å²) in [6.07, 6.45) is 6.43. The van der Waals surface area contributed by atoms with E-state index in [4.69, 9.17) is 9.15 Å². The molecule has 3 aromatic heterocycles. The Labute approximate surface area is 130 Å². The Morgan fingerprint density at radius 1 is 1.13 bits per heavy atom. The highest BCUT2D eigenvalue weighted by Crippen LogP contribution is 2.23. The molecule has 7 heteroatoms. The van der Waals surface area contributed by atoms with Crippen molar-refractivity contribution in [2.45, 2.75) is 6.54 Å². The standard InChI is InChI=1S/C16H11FN4O2/c17-12-1-3-13(4-2-12)23-16-5-11-6-20-21(15(11)8-19-16)9-14-7-18-10-22-14/h1-8,10H,9H2. The van der Waals surface area contributed by atoms with Gasteiger partial charge in [0.1, 0.15) is 23.9 Å². The predicted molar refractivity (Wildman–Crippen MR) is 79.6 cm³/mol. The van der Waals surface area contributed by atoms with Crippen molar-refractivity contribution < 1.29 is 13.5 Å². The second kappa shape index (κ2) is 5.53. The summed E-state index contributed by atoms with van der Waals surface area (Å²) < 4.78 is 25.5. The molecule has 0 fully saturated rings. The van der Waals surface area contributed by atoms with Crippen molar-refractivity contribution >= 4 is 10.9 Å². The Bertz CT molecular complexity index is 933. The third-order valence-corrected chi connectivity index (χ3v) is 3.33. The normalized spacial score (nSPS) is 11.0. The second-order valence-corrected chi connectivity index (χ2v) is 4.91. The highest BCUT2D eigenvalue weighted by molar-refractivity contribution is 5.78. The molecule has 1 aromatic carbocycles. The number of benzene rings is 1. The largest absolute Gasteiger partial charge is 0.447 e. The van der Waals surface area contributed by atoms with Crippen LogP contribution in [0.2, 0.25) is 0 Å².